The minimum Gasteiger partial charge on any atom is -0.319 e. The van der Waals surface area contributed by atoms with E-state index in [9.17, 15) is 4.39 Å². The van der Waals surface area contributed by atoms with Crippen LogP contribution in [0.15, 0.2) is 52.8 Å². The molecule has 0 saturated heterocycles. The zero-order chi connectivity index (χ0) is 15.7. The molecule has 1 heterocycles. The van der Waals surface area contributed by atoms with Gasteiger partial charge in [-0.25, -0.2) is 9.38 Å². The molecule has 0 bridgehead atoms. The summed E-state index contributed by atoms with van der Waals surface area (Å²) in [4.78, 5) is 5.32. The summed E-state index contributed by atoms with van der Waals surface area (Å²) in [7, 11) is 1.92. The monoisotopic (exact) mass is 388 g/mol. The molecule has 0 radical (unpaired) electrons. The van der Waals surface area contributed by atoms with Crippen molar-refractivity contribution < 1.29 is 4.39 Å². The Morgan fingerprint density at radius 1 is 1.09 bits per heavy atom. The van der Waals surface area contributed by atoms with Crippen LogP contribution in [0.5, 0.6) is 0 Å². The van der Waals surface area contributed by atoms with Gasteiger partial charge >= 0.3 is 0 Å². The van der Waals surface area contributed by atoms with Gasteiger partial charge < -0.3 is 4.57 Å². The second-order valence-corrected chi connectivity index (χ2v) is 6.36. The minimum absolute atomic E-state index is 0. The van der Waals surface area contributed by atoms with E-state index in [-0.39, 0.29) is 18.2 Å². The molecular formula is C16H12Cl3FN2S. The van der Waals surface area contributed by atoms with E-state index in [1.807, 2.05) is 23.1 Å². The molecule has 2 nitrogen and oxygen atoms in total. The molecule has 0 fully saturated rings. The standard InChI is InChI=1S/C16H11Cl2FN2S.ClH/c1-21-15(13-7-2-10(17)8-14(13)18)9-22-16(21)20-12-5-3-11(19)4-6-12;/h2-9H,1H3;1H. The van der Waals surface area contributed by atoms with E-state index >= 15 is 0 Å². The maximum Gasteiger partial charge on any atom is 0.190 e. The number of halogens is 4. The van der Waals surface area contributed by atoms with Gasteiger partial charge in [-0.05, 0) is 42.5 Å². The largest absolute Gasteiger partial charge is 0.319 e. The lowest BCUT2D eigenvalue weighted by molar-refractivity contribution is 0.628. The van der Waals surface area contributed by atoms with Crippen LogP contribution >= 0.6 is 46.9 Å². The van der Waals surface area contributed by atoms with Gasteiger partial charge in [0.1, 0.15) is 5.82 Å². The summed E-state index contributed by atoms with van der Waals surface area (Å²) >= 11 is 13.7. The first-order valence-corrected chi connectivity index (χ1v) is 8.08. The highest BCUT2D eigenvalue weighted by molar-refractivity contribution is 7.07. The zero-order valence-corrected chi connectivity index (χ0v) is 15.1. The summed E-state index contributed by atoms with van der Waals surface area (Å²) in [6.45, 7) is 0. The van der Waals surface area contributed by atoms with Crippen molar-refractivity contribution in [2.24, 2.45) is 12.0 Å². The molecule has 2 aromatic carbocycles. The van der Waals surface area contributed by atoms with Gasteiger partial charge in [-0.1, -0.05) is 23.2 Å². The summed E-state index contributed by atoms with van der Waals surface area (Å²) in [6, 6.07) is 11.5. The molecule has 0 aliphatic carbocycles. The Morgan fingerprint density at radius 2 is 1.78 bits per heavy atom. The number of rotatable bonds is 2. The summed E-state index contributed by atoms with van der Waals surface area (Å²) in [5.74, 6) is -0.275. The Morgan fingerprint density at radius 3 is 2.43 bits per heavy atom. The van der Waals surface area contributed by atoms with E-state index in [0.717, 1.165) is 16.1 Å². The molecule has 0 unspecified atom stereocenters. The summed E-state index contributed by atoms with van der Waals surface area (Å²) in [5, 5.41) is 3.18. The number of benzene rings is 2. The van der Waals surface area contributed by atoms with Gasteiger partial charge in [-0.2, -0.15) is 0 Å². The van der Waals surface area contributed by atoms with Crippen molar-refractivity contribution >= 4 is 52.6 Å². The highest BCUT2D eigenvalue weighted by atomic mass is 35.5. The maximum atomic E-state index is 12.9. The molecule has 0 aliphatic rings. The Bertz CT molecular complexity index is 885. The molecule has 120 valence electrons. The summed E-state index contributed by atoms with van der Waals surface area (Å²) in [5.41, 5.74) is 2.55. The van der Waals surface area contributed by atoms with Crippen LogP contribution in [0.1, 0.15) is 0 Å². The molecule has 23 heavy (non-hydrogen) atoms. The first kappa shape index (κ1) is 18.0. The number of hydrogen-bond acceptors (Lipinski definition) is 2. The summed E-state index contributed by atoms with van der Waals surface area (Å²) in [6.07, 6.45) is 0. The topological polar surface area (TPSA) is 17.3 Å². The van der Waals surface area contributed by atoms with E-state index in [0.29, 0.717) is 15.7 Å². The third kappa shape index (κ3) is 3.96. The highest BCUT2D eigenvalue weighted by Gasteiger charge is 2.09. The average Bonchev–Trinajstić information content (AvgIpc) is 2.83. The molecule has 0 saturated carbocycles. The van der Waals surface area contributed by atoms with Crippen LogP contribution in [0.2, 0.25) is 10.0 Å². The van der Waals surface area contributed by atoms with E-state index < -0.39 is 0 Å². The fourth-order valence-electron chi connectivity index (χ4n) is 2.04. The predicted octanol–water partition coefficient (Wildman–Crippen LogP) is 5.85. The van der Waals surface area contributed by atoms with Crippen molar-refractivity contribution in [3.63, 3.8) is 0 Å². The van der Waals surface area contributed by atoms with Gasteiger partial charge in [0, 0.05) is 23.0 Å². The molecule has 0 amide bonds. The first-order chi connectivity index (χ1) is 10.5. The Kier molecular flexibility index (Phi) is 5.87. The van der Waals surface area contributed by atoms with Crippen LogP contribution in [0.3, 0.4) is 0 Å². The van der Waals surface area contributed by atoms with Gasteiger partial charge in [0.15, 0.2) is 4.80 Å². The second-order valence-electron chi connectivity index (χ2n) is 4.67. The van der Waals surface area contributed by atoms with Crippen molar-refractivity contribution in [3.05, 3.63) is 68.5 Å². The van der Waals surface area contributed by atoms with Gasteiger partial charge in [-0.3, -0.25) is 0 Å². The van der Waals surface area contributed by atoms with Gasteiger partial charge in [0.25, 0.3) is 0 Å². The minimum atomic E-state index is -0.275. The summed E-state index contributed by atoms with van der Waals surface area (Å²) < 4.78 is 14.9. The van der Waals surface area contributed by atoms with Crippen LogP contribution in [0, 0.1) is 5.82 Å². The van der Waals surface area contributed by atoms with Crippen molar-refractivity contribution in [3.8, 4) is 11.3 Å². The van der Waals surface area contributed by atoms with Crippen LogP contribution in [0.25, 0.3) is 11.3 Å². The number of aromatic nitrogens is 1. The van der Waals surface area contributed by atoms with Crippen molar-refractivity contribution in [2.75, 3.05) is 0 Å². The van der Waals surface area contributed by atoms with Crippen molar-refractivity contribution in [2.45, 2.75) is 0 Å². The second kappa shape index (κ2) is 7.49. The molecule has 0 atom stereocenters. The number of nitrogens with zero attached hydrogens (tertiary/aromatic N) is 2. The fourth-order valence-corrected chi connectivity index (χ4v) is 3.46. The normalized spacial score (nSPS) is 11.4. The lowest BCUT2D eigenvalue weighted by atomic mass is 10.2. The molecule has 3 rings (SSSR count). The van der Waals surface area contributed by atoms with Crippen LogP contribution in [-0.4, -0.2) is 4.57 Å². The van der Waals surface area contributed by atoms with E-state index in [4.69, 9.17) is 23.2 Å². The van der Waals surface area contributed by atoms with E-state index in [1.165, 1.54) is 23.5 Å². The molecular weight excluding hydrogens is 378 g/mol. The van der Waals surface area contributed by atoms with Crippen LogP contribution in [-0.2, 0) is 7.05 Å². The quantitative estimate of drug-likeness (QED) is 0.523. The molecule has 0 N–H and O–H groups in total. The van der Waals surface area contributed by atoms with Gasteiger partial charge in [-0.15, -0.1) is 23.7 Å². The molecule has 1 aromatic heterocycles. The third-order valence-corrected chi connectivity index (χ3v) is 4.65. The van der Waals surface area contributed by atoms with E-state index in [2.05, 4.69) is 4.99 Å². The smallest absolute Gasteiger partial charge is 0.190 e. The Hall–Kier alpha value is -1.33. The first-order valence-electron chi connectivity index (χ1n) is 6.45. The van der Waals surface area contributed by atoms with Crippen LogP contribution in [0.4, 0.5) is 10.1 Å². The molecule has 7 heteroatoms. The highest BCUT2D eigenvalue weighted by Crippen LogP contribution is 2.30. The lowest BCUT2D eigenvalue weighted by Gasteiger charge is -2.05. The SMILES string of the molecule is Cl.Cn1c(-c2ccc(Cl)cc2Cl)csc1=Nc1ccc(F)cc1. The van der Waals surface area contributed by atoms with Gasteiger partial charge in [0.05, 0.1) is 16.4 Å². The zero-order valence-electron chi connectivity index (χ0n) is 12.0. The fraction of sp³-hybridized carbons (Fsp3) is 0.0625. The Labute approximate surface area is 153 Å². The average molecular weight is 390 g/mol. The molecule has 3 aromatic rings. The van der Waals surface area contributed by atoms with Crippen molar-refractivity contribution in [1.82, 2.24) is 4.57 Å². The number of thiazole rings is 1. The van der Waals surface area contributed by atoms with Crippen LogP contribution < -0.4 is 4.80 Å². The predicted molar refractivity (Wildman–Crippen MR) is 97.6 cm³/mol. The van der Waals surface area contributed by atoms with E-state index in [1.54, 1.807) is 24.3 Å². The molecule has 0 aliphatic heterocycles. The number of hydrogen-bond donors (Lipinski definition) is 0. The van der Waals surface area contributed by atoms with Gasteiger partial charge in [0.2, 0.25) is 0 Å². The lowest BCUT2D eigenvalue weighted by Crippen LogP contribution is -2.10. The third-order valence-electron chi connectivity index (χ3n) is 3.18. The Balaban J connectivity index is 0.00000192. The maximum absolute atomic E-state index is 12.9. The van der Waals surface area contributed by atoms with Crippen molar-refractivity contribution in [1.29, 1.82) is 0 Å². The molecule has 0 spiro atoms.